The van der Waals surface area contributed by atoms with Gasteiger partial charge in [0.2, 0.25) is 11.1 Å². The summed E-state index contributed by atoms with van der Waals surface area (Å²) in [6.07, 6.45) is 0.969. The third-order valence-electron chi connectivity index (χ3n) is 4.59. The van der Waals surface area contributed by atoms with E-state index in [0.29, 0.717) is 16.2 Å². The van der Waals surface area contributed by atoms with Gasteiger partial charge >= 0.3 is 0 Å². The average Bonchev–Trinajstić information content (AvgIpc) is 3.09. The number of aromatic nitrogens is 4. The highest BCUT2D eigenvalue weighted by molar-refractivity contribution is 8.00. The van der Waals surface area contributed by atoms with Crippen LogP contribution in [0.15, 0.2) is 58.6 Å². The maximum absolute atomic E-state index is 13.0. The van der Waals surface area contributed by atoms with Crippen LogP contribution in [0.25, 0.3) is 5.69 Å². The average molecular weight is 412 g/mol. The van der Waals surface area contributed by atoms with Gasteiger partial charge in [-0.3, -0.25) is 4.79 Å². The van der Waals surface area contributed by atoms with Crippen LogP contribution in [0.4, 0.5) is 5.69 Å². The second-order valence-electron chi connectivity index (χ2n) is 6.73. The minimum absolute atomic E-state index is 0.0746. The number of para-hydroxylation sites is 1. The number of carbonyl (C=O) groups excluding carboxylic acids is 1. The van der Waals surface area contributed by atoms with Gasteiger partial charge in [-0.05, 0) is 48.0 Å². The summed E-state index contributed by atoms with van der Waals surface area (Å²) in [5, 5.41) is 13.1. The summed E-state index contributed by atoms with van der Waals surface area (Å²) in [4.78, 5) is 16.1. The molecule has 1 atom stereocenters. The predicted octanol–water partition coefficient (Wildman–Crippen LogP) is 3.98. The highest BCUT2D eigenvalue weighted by Crippen LogP contribution is 2.37. The maximum Gasteiger partial charge on any atom is 0.237 e. The summed E-state index contributed by atoms with van der Waals surface area (Å²) in [5.41, 5.74) is 3.06. The third-order valence-corrected chi connectivity index (χ3v) is 6.73. The van der Waals surface area contributed by atoms with Gasteiger partial charge in [0.1, 0.15) is 0 Å². The molecule has 0 saturated heterocycles. The fourth-order valence-electron chi connectivity index (χ4n) is 3.07. The number of hydrogen-bond acceptors (Lipinski definition) is 6. The lowest BCUT2D eigenvalue weighted by Crippen LogP contribution is -2.33. The Morgan fingerprint density at radius 1 is 1.21 bits per heavy atom. The number of nitrogens with zero attached hydrogens (tertiary/aromatic N) is 5. The van der Waals surface area contributed by atoms with Crippen molar-refractivity contribution in [1.82, 2.24) is 20.2 Å². The van der Waals surface area contributed by atoms with E-state index in [0.717, 1.165) is 29.2 Å². The molecule has 1 unspecified atom stereocenters. The Kier molecular flexibility index (Phi) is 5.68. The number of amides is 1. The summed E-state index contributed by atoms with van der Waals surface area (Å²) in [6, 6.07) is 16.1. The molecule has 28 heavy (non-hydrogen) atoms. The molecule has 0 aliphatic carbocycles. The second kappa shape index (κ2) is 8.36. The fourth-order valence-corrected chi connectivity index (χ4v) is 4.95. The van der Waals surface area contributed by atoms with Gasteiger partial charge in [-0.25, -0.2) is 0 Å². The number of benzene rings is 2. The zero-order chi connectivity index (χ0) is 19.5. The van der Waals surface area contributed by atoms with Crippen molar-refractivity contribution < 1.29 is 4.79 Å². The molecule has 1 amide bonds. The van der Waals surface area contributed by atoms with Crippen molar-refractivity contribution in [3.8, 4) is 5.69 Å². The standard InChI is InChI=1S/C20H21N5OS2/c1-14-7-9-16(10-8-14)25-20(21-22-23-25)27-13-19(26)24-12-11-15(2)28-18-6-4-3-5-17(18)24/h3-10,15H,11-13H2,1-2H3. The molecule has 2 aromatic carbocycles. The van der Waals surface area contributed by atoms with Crippen molar-refractivity contribution in [2.45, 2.75) is 35.6 Å². The SMILES string of the molecule is Cc1ccc(-n2nnnc2SCC(=O)N2CCC(C)Sc3ccccc32)cc1. The van der Waals surface area contributed by atoms with Gasteiger partial charge in [-0.15, -0.1) is 16.9 Å². The molecule has 0 N–H and O–H groups in total. The summed E-state index contributed by atoms with van der Waals surface area (Å²) >= 11 is 3.20. The summed E-state index contributed by atoms with van der Waals surface area (Å²) < 4.78 is 1.67. The monoisotopic (exact) mass is 411 g/mol. The number of tetrazole rings is 1. The minimum Gasteiger partial charge on any atom is -0.311 e. The molecule has 1 aliphatic heterocycles. The quantitative estimate of drug-likeness (QED) is 0.605. The first-order valence-electron chi connectivity index (χ1n) is 9.16. The van der Waals surface area contributed by atoms with Crippen molar-refractivity contribution in [3.05, 3.63) is 54.1 Å². The molecule has 2 heterocycles. The van der Waals surface area contributed by atoms with Gasteiger partial charge in [0, 0.05) is 16.7 Å². The topological polar surface area (TPSA) is 63.9 Å². The molecule has 4 rings (SSSR count). The first kappa shape index (κ1) is 19.0. The van der Waals surface area contributed by atoms with Crippen LogP contribution in [0, 0.1) is 6.92 Å². The molecule has 6 nitrogen and oxygen atoms in total. The number of carbonyl (C=O) groups is 1. The van der Waals surface area contributed by atoms with E-state index in [4.69, 9.17) is 0 Å². The van der Waals surface area contributed by atoms with Gasteiger partial charge in [-0.2, -0.15) is 4.68 Å². The van der Waals surface area contributed by atoms with E-state index in [-0.39, 0.29) is 5.91 Å². The molecular weight excluding hydrogens is 390 g/mol. The van der Waals surface area contributed by atoms with Crippen LogP contribution in [0.1, 0.15) is 18.9 Å². The van der Waals surface area contributed by atoms with E-state index in [1.807, 2.05) is 66.1 Å². The Morgan fingerprint density at radius 2 is 2.00 bits per heavy atom. The van der Waals surface area contributed by atoms with Gasteiger partial charge < -0.3 is 4.90 Å². The van der Waals surface area contributed by atoms with Gasteiger partial charge in [0.05, 0.1) is 17.1 Å². The van der Waals surface area contributed by atoms with Crippen LogP contribution in [0.3, 0.4) is 0 Å². The maximum atomic E-state index is 13.0. The van der Waals surface area contributed by atoms with Crippen molar-refractivity contribution in [3.63, 3.8) is 0 Å². The second-order valence-corrected chi connectivity index (χ2v) is 9.15. The Hall–Kier alpha value is -2.32. The Morgan fingerprint density at radius 3 is 2.82 bits per heavy atom. The van der Waals surface area contributed by atoms with E-state index < -0.39 is 0 Å². The van der Waals surface area contributed by atoms with Crippen molar-refractivity contribution in [1.29, 1.82) is 0 Å². The summed E-state index contributed by atoms with van der Waals surface area (Å²) in [6.45, 7) is 4.98. The van der Waals surface area contributed by atoms with E-state index in [1.54, 1.807) is 4.68 Å². The molecule has 0 spiro atoms. The van der Waals surface area contributed by atoms with E-state index in [1.165, 1.54) is 17.3 Å². The first-order chi connectivity index (χ1) is 13.6. The van der Waals surface area contributed by atoms with Gasteiger partial charge in [0.15, 0.2) is 0 Å². The molecule has 144 valence electrons. The lowest BCUT2D eigenvalue weighted by Gasteiger charge is -2.22. The van der Waals surface area contributed by atoms with Crippen molar-refractivity contribution in [2.24, 2.45) is 0 Å². The zero-order valence-corrected chi connectivity index (χ0v) is 17.4. The van der Waals surface area contributed by atoms with Crippen LogP contribution < -0.4 is 4.90 Å². The Labute approximate surface area is 172 Å². The van der Waals surface area contributed by atoms with Crippen LogP contribution in [0.5, 0.6) is 0 Å². The van der Waals surface area contributed by atoms with Gasteiger partial charge in [-0.1, -0.05) is 48.5 Å². The molecule has 0 saturated carbocycles. The molecule has 1 aliphatic rings. The number of fused-ring (bicyclic) bond motifs is 1. The van der Waals surface area contributed by atoms with Crippen LogP contribution in [0.2, 0.25) is 0 Å². The molecule has 0 fully saturated rings. The normalized spacial score (nSPS) is 16.5. The Bertz CT molecular complexity index is 973. The highest BCUT2D eigenvalue weighted by Gasteiger charge is 2.24. The number of rotatable bonds is 4. The smallest absolute Gasteiger partial charge is 0.237 e. The summed E-state index contributed by atoms with van der Waals surface area (Å²) in [5.74, 6) is 0.366. The van der Waals surface area contributed by atoms with Crippen LogP contribution in [-0.2, 0) is 4.79 Å². The largest absolute Gasteiger partial charge is 0.311 e. The minimum atomic E-state index is 0.0746. The summed E-state index contributed by atoms with van der Waals surface area (Å²) in [7, 11) is 0. The predicted molar refractivity (Wildman–Crippen MR) is 113 cm³/mol. The molecular formula is C20H21N5OS2. The fraction of sp³-hybridized carbons (Fsp3) is 0.300. The van der Waals surface area contributed by atoms with E-state index in [9.17, 15) is 4.79 Å². The molecule has 0 bridgehead atoms. The van der Waals surface area contributed by atoms with Crippen molar-refractivity contribution in [2.75, 3.05) is 17.2 Å². The van der Waals surface area contributed by atoms with Crippen LogP contribution >= 0.6 is 23.5 Å². The number of aryl methyl sites for hydroxylation is 1. The van der Waals surface area contributed by atoms with Gasteiger partial charge in [0.25, 0.3) is 0 Å². The molecule has 0 radical (unpaired) electrons. The Balaban J connectivity index is 1.50. The number of thioether (sulfide) groups is 2. The molecule has 1 aromatic heterocycles. The molecule has 3 aromatic rings. The number of hydrogen-bond donors (Lipinski definition) is 0. The van der Waals surface area contributed by atoms with Crippen LogP contribution in [-0.4, -0.2) is 43.7 Å². The highest BCUT2D eigenvalue weighted by atomic mass is 32.2. The van der Waals surface area contributed by atoms with E-state index >= 15 is 0 Å². The number of anilines is 1. The third kappa shape index (κ3) is 4.07. The first-order valence-corrected chi connectivity index (χ1v) is 11.0. The lowest BCUT2D eigenvalue weighted by molar-refractivity contribution is -0.116. The lowest BCUT2D eigenvalue weighted by atomic mass is 10.2. The molecule has 8 heteroatoms. The van der Waals surface area contributed by atoms with E-state index in [2.05, 4.69) is 28.5 Å². The van der Waals surface area contributed by atoms with Crippen molar-refractivity contribution >= 4 is 35.1 Å². The zero-order valence-electron chi connectivity index (χ0n) is 15.8.